The van der Waals surface area contributed by atoms with Gasteiger partial charge in [0.25, 0.3) is 0 Å². The quantitative estimate of drug-likeness (QED) is 0.683. The molecule has 1 heterocycles. The molecule has 19 heavy (non-hydrogen) atoms. The lowest BCUT2D eigenvalue weighted by Crippen LogP contribution is -1.82. The maximum absolute atomic E-state index is 3.32. The Kier molecular flexibility index (Phi) is 3.20. The molecule has 1 aromatic heterocycles. The Morgan fingerprint density at radius 2 is 1.74 bits per heavy atom. The summed E-state index contributed by atoms with van der Waals surface area (Å²) in [5.74, 6) is 0. The second kappa shape index (κ2) is 5.15. The second-order valence-corrected chi connectivity index (χ2v) is 4.82. The largest absolute Gasteiger partial charge is 0.361 e. The molecule has 1 heteroatoms. The summed E-state index contributed by atoms with van der Waals surface area (Å²) >= 11 is 0. The summed E-state index contributed by atoms with van der Waals surface area (Å²) in [5.41, 5.74) is 5.18. The summed E-state index contributed by atoms with van der Waals surface area (Å²) in [7, 11) is 0. The fraction of sp³-hybridized carbons (Fsp3) is 0.111. The molecule has 0 aliphatic heterocycles. The molecule has 94 valence electrons. The van der Waals surface area contributed by atoms with Crippen LogP contribution in [-0.2, 0) is 6.42 Å². The standard InChI is InChI=1S/C18H17N/c1-14(15-7-3-2-4-8-15)11-12-16-13-19-18-10-6-5-9-17(16)18/h2-11,13,19H,12H2,1H3/b14-11+. The van der Waals surface area contributed by atoms with E-state index in [2.05, 4.69) is 78.8 Å². The number of aromatic amines is 1. The molecule has 1 N–H and O–H groups in total. The minimum absolute atomic E-state index is 0.963. The van der Waals surface area contributed by atoms with E-state index < -0.39 is 0 Å². The van der Waals surface area contributed by atoms with Gasteiger partial charge in [-0.1, -0.05) is 54.6 Å². The van der Waals surface area contributed by atoms with Crippen LogP contribution in [0.4, 0.5) is 0 Å². The molecule has 0 saturated carbocycles. The molecule has 0 amide bonds. The molecule has 3 rings (SSSR count). The summed E-state index contributed by atoms with van der Waals surface area (Å²) < 4.78 is 0. The van der Waals surface area contributed by atoms with Crippen LogP contribution in [0.2, 0.25) is 0 Å². The van der Waals surface area contributed by atoms with Crippen LogP contribution in [0.3, 0.4) is 0 Å². The van der Waals surface area contributed by atoms with Gasteiger partial charge in [0.05, 0.1) is 0 Å². The van der Waals surface area contributed by atoms with E-state index in [1.54, 1.807) is 0 Å². The van der Waals surface area contributed by atoms with Crippen LogP contribution in [0.15, 0.2) is 66.9 Å². The first-order valence-electron chi connectivity index (χ1n) is 6.62. The van der Waals surface area contributed by atoms with Gasteiger partial charge in [-0.3, -0.25) is 0 Å². The van der Waals surface area contributed by atoms with E-state index in [-0.39, 0.29) is 0 Å². The average Bonchev–Trinajstić information content (AvgIpc) is 2.89. The minimum atomic E-state index is 0.963. The maximum atomic E-state index is 3.32. The molecule has 0 atom stereocenters. The zero-order valence-corrected chi connectivity index (χ0v) is 11.1. The molecule has 0 spiro atoms. The molecular formula is C18H17N. The first kappa shape index (κ1) is 11.8. The van der Waals surface area contributed by atoms with Gasteiger partial charge in [-0.2, -0.15) is 0 Å². The highest BCUT2D eigenvalue weighted by Gasteiger charge is 2.01. The van der Waals surface area contributed by atoms with Crippen LogP contribution in [0.5, 0.6) is 0 Å². The zero-order chi connectivity index (χ0) is 13.1. The first-order chi connectivity index (χ1) is 9.34. The number of fused-ring (bicyclic) bond motifs is 1. The zero-order valence-electron chi connectivity index (χ0n) is 11.1. The summed E-state index contributed by atoms with van der Waals surface area (Å²) in [6.07, 6.45) is 5.37. The highest BCUT2D eigenvalue weighted by molar-refractivity contribution is 5.83. The highest BCUT2D eigenvalue weighted by atomic mass is 14.7. The van der Waals surface area contributed by atoms with E-state index in [4.69, 9.17) is 0 Å². The third-order valence-electron chi connectivity index (χ3n) is 3.53. The van der Waals surface area contributed by atoms with Crippen molar-refractivity contribution in [1.82, 2.24) is 4.98 Å². The average molecular weight is 247 g/mol. The Morgan fingerprint density at radius 1 is 1.00 bits per heavy atom. The van der Waals surface area contributed by atoms with E-state index >= 15 is 0 Å². The molecule has 0 saturated heterocycles. The fourth-order valence-electron chi connectivity index (χ4n) is 2.38. The van der Waals surface area contributed by atoms with E-state index in [0.29, 0.717) is 0 Å². The number of allylic oxidation sites excluding steroid dienone is 2. The second-order valence-electron chi connectivity index (χ2n) is 4.82. The Morgan fingerprint density at radius 3 is 2.58 bits per heavy atom. The Hall–Kier alpha value is -2.28. The molecule has 0 fully saturated rings. The summed E-state index contributed by atoms with van der Waals surface area (Å²) in [4.78, 5) is 3.32. The van der Waals surface area contributed by atoms with Gasteiger partial charge in [-0.05, 0) is 36.1 Å². The molecule has 0 unspecified atom stereocenters. The SMILES string of the molecule is C/C(=C\Cc1c[nH]c2ccccc12)c1ccccc1. The van der Waals surface area contributed by atoms with Crippen molar-refractivity contribution in [2.24, 2.45) is 0 Å². The molecule has 0 bridgehead atoms. The molecule has 3 aromatic rings. The molecule has 1 nitrogen and oxygen atoms in total. The van der Waals surface area contributed by atoms with Gasteiger partial charge in [-0.15, -0.1) is 0 Å². The lowest BCUT2D eigenvalue weighted by molar-refractivity contribution is 1.28. The van der Waals surface area contributed by atoms with Gasteiger partial charge in [0, 0.05) is 17.1 Å². The van der Waals surface area contributed by atoms with Gasteiger partial charge in [0.1, 0.15) is 0 Å². The first-order valence-corrected chi connectivity index (χ1v) is 6.62. The molecule has 0 aliphatic carbocycles. The number of nitrogens with one attached hydrogen (secondary N) is 1. The summed E-state index contributed by atoms with van der Waals surface area (Å²) in [5, 5.41) is 1.32. The number of hydrogen-bond acceptors (Lipinski definition) is 0. The van der Waals surface area contributed by atoms with Gasteiger partial charge >= 0.3 is 0 Å². The van der Waals surface area contributed by atoms with Crippen molar-refractivity contribution < 1.29 is 0 Å². The number of H-pyrrole nitrogens is 1. The highest BCUT2D eigenvalue weighted by Crippen LogP contribution is 2.20. The van der Waals surface area contributed by atoms with Gasteiger partial charge in [0.2, 0.25) is 0 Å². The van der Waals surface area contributed by atoms with Crippen LogP contribution in [-0.4, -0.2) is 4.98 Å². The third kappa shape index (κ3) is 2.45. The minimum Gasteiger partial charge on any atom is -0.361 e. The van der Waals surface area contributed by atoms with Crippen molar-refractivity contribution >= 4 is 16.5 Å². The predicted molar refractivity (Wildman–Crippen MR) is 82.1 cm³/mol. The molecule has 0 aliphatic rings. The maximum Gasteiger partial charge on any atom is 0.0456 e. The number of benzene rings is 2. The van der Waals surface area contributed by atoms with Crippen LogP contribution >= 0.6 is 0 Å². The Bertz CT molecular complexity index is 705. The van der Waals surface area contributed by atoms with Gasteiger partial charge in [-0.25, -0.2) is 0 Å². The van der Waals surface area contributed by atoms with Gasteiger partial charge in [0.15, 0.2) is 0 Å². The molecular weight excluding hydrogens is 230 g/mol. The summed E-state index contributed by atoms with van der Waals surface area (Å²) in [6.45, 7) is 2.17. The smallest absolute Gasteiger partial charge is 0.0456 e. The number of hydrogen-bond donors (Lipinski definition) is 1. The Balaban J connectivity index is 1.86. The van der Waals surface area contributed by atoms with Crippen LogP contribution < -0.4 is 0 Å². The van der Waals surface area contributed by atoms with Crippen molar-refractivity contribution in [2.45, 2.75) is 13.3 Å². The van der Waals surface area contributed by atoms with Crippen molar-refractivity contribution in [3.05, 3.63) is 78.0 Å². The van der Waals surface area contributed by atoms with E-state index in [1.807, 2.05) is 0 Å². The molecule has 2 aromatic carbocycles. The number of rotatable bonds is 3. The summed E-state index contributed by atoms with van der Waals surface area (Å²) in [6, 6.07) is 19.0. The normalized spacial score (nSPS) is 11.9. The fourth-order valence-corrected chi connectivity index (χ4v) is 2.38. The van der Waals surface area contributed by atoms with Crippen molar-refractivity contribution in [3.8, 4) is 0 Å². The Labute approximate surface area is 113 Å². The van der Waals surface area contributed by atoms with Crippen LogP contribution in [0.1, 0.15) is 18.1 Å². The third-order valence-corrected chi connectivity index (χ3v) is 3.53. The lowest BCUT2D eigenvalue weighted by atomic mass is 10.0. The van der Waals surface area contributed by atoms with E-state index in [9.17, 15) is 0 Å². The molecule has 0 radical (unpaired) electrons. The number of para-hydroxylation sites is 1. The monoisotopic (exact) mass is 247 g/mol. The van der Waals surface area contributed by atoms with Crippen molar-refractivity contribution in [1.29, 1.82) is 0 Å². The van der Waals surface area contributed by atoms with Crippen LogP contribution in [0, 0.1) is 0 Å². The predicted octanol–water partition coefficient (Wildman–Crippen LogP) is 4.81. The number of aromatic nitrogens is 1. The topological polar surface area (TPSA) is 15.8 Å². The van der Waals surface area contributed by atoms with Crippen LogP contribution in [0.25, 0.3) is 16.5 Å². The van der Waals surface area contributed by atoms with Crippen molar-refractivity contribution in [3.63, 3.8) is 0 Å². The van der Waals surface area contributed by atoms with E-state index in [0.717, 1.165) is 6.42 Å². The van der Waals surface area contributed by atoms with Crippen molar-refractivity contribution in [2.75, 3.05) is 0 Å². The lowest BCUT2D eigenvalue weighted by Gasteiger charge is -2.01. The van der Waals surface area contributed by atoms with Gasteiger partial charge < -0.3 is 4.98 Å². The van der Waals surface area contributed by atoms with E-state index in [1.165, 1.54) is 27.6 Å².